The van der Waals surface area contributed by atoms with Crippen molar-refractivity contribution in [3.63, 3.8) is 0 Å². The van der Waals surface area contributed by atoms with Crippen molar-refractivity contribution in [2.75, 3.05) is 32.7 Å². The number of hydrogen-bond acceptors (Lipinski definition) is 4. The highest BCUT2D eigenvalue weighted by Crippen LogP contribution is 2.34. The summed E-state index contributed by atoms with van der Waals surface area (Å²) in [5.41, 5.74) is 0. The maximum atomic E-state index is 6.45. The number of fused-ring (bicyclic) bond motifs is 2. The molecule has 4 aliphatic rings. The van der Waals surface area contributed by atoms with Crippen LogP contribution in [0.3, 0.4) is 0 Å². The van der Waals surface area contributed by atoms with Crippen molar-refractivity contribution in [1.82, 2.24) is 12.9 Å². The second-order valence-corrected chi connectivity index (χ2v) is 10.9. The van der Waals surface area contributed by atoms with E-state index in [1.54, 1.807) is 0 Å². The van der Waals surface area contributed by atoms with Gasteiger partial charge in [0.1, 0.15) is 0 Å². The number of likely N-dealkylation sites (tertiary alicyclic amines) is 1. The van der Waals surface area contributed by atoms with Crippen LogP contribution in [0.15, 0.2) is 0 Å². The number of hydrogen-bond donors (Lipinski definition) is 0. The van der Waals surface area contributed by atoms with Crippen molar-refractivity contribution in [3.8, 4) is 0 Å². The van der Waals surface area contributed by atoms with Gasteiger partial charge in [-0.05, 0) is 71.1 Å². The van der Waals surface area contributed by atoms with Crippen LogP contribution < -0.4 is 0 Å². The van der Waals surface area contributed by atoms with Crippen LogP contribution >= 0.6 is 22.9 Å². The Hall–Kier alpha value is 0.570. The summed E-state index contributed by atoms with van der Waals surface area (Å²) in [7, 11) is 0. The summed E-state index contributed by atoms with van der Waals surface area (Å²) in [5, 5.41) is 0. The highest BCUT2D eigenvalue weighted by Gasteiger charge is 2.41. The van der Waals surface area contributed by atoms with Crippen LogP contribution in [0, 0.1) is 5.92 Å². The number of piperidine rings is 1. The lowest BCUT2D eigenvalue weighted by atomic mass is 9.86. The molecule has 0 spiro atoms. The molecule has 3 heterocycles. The molecule has 0 aromatic carbocycles. The standard InChI is InChI=1S/C21H38IN3O/c1-16(2)25-18-5-6-19(25)15-23(14-18)13-17-3-7-20(8-4-17)26-21-9-11-24(22)12-10-21/h16-21H,3-15H2,1-2H3. The largest absolute Gasteiger partial charge is 0.375 e. The maximum Gasteiger partial charge on any atom is 0.0603 e. The van der Waals surface area contributed by atoms with Gasteiger partial charge in [-0.15, -0.1) is 0 Å². The van der Waals surface area contributed by atoms with Crippen molar-refractivity contribution >= 4 is 22.9 Å². The molecule has 0 aromatic rings. The van der Waals surface area contributed by atoms with Crippen LogP contribution in [0.5, 0.6) is 0 Å². The Morgan fingerprint density at radius 3 is 2.00 bits per heavy atom. The monoisotopic (exact) mass is 475 g/mol. The summed E-state index contributed by atoms with van der Waals surface area (Å²) >= 11 is 2.45. The van der Waals surface area contributed by atoms with E-state index in [0.717, 1.165) is 24.0 Å². The molecule has 1 aliphatic carbocycles. The summed E-state index contributed by atoms with van der Waals surface area (Å²) in [4.78, 5) is 5.62. The maximum absolute atomic E-state index is 6.45. The quantitative estimate of drug-likeness (QED) is 0.443. The number of halogens is 1. The van der Waals surface area contributed by atoms with Crippen LogP contribution in [0.4, 0.5) is 0 Å². The molecule has 0 radical (unpaired) electrons. The third-order valence-electron chi connectivity index (χ3n) is 7.29. The van der Waals surface area contributed by atoms with Crippen molar-refractivity contribution in [2.45, 2.75) is 95.5 Å². The summed E-state index contributed by atoms with van der Waals surface area (Å²) in [6.45, 7) is 11.1. The minimum Gasteiger partial charge on any atom is -0.375 e. The third-order valence-corrected chi connectivity index (χ3v) is 8.26. The Bertz CT molecular complexity index is 433. The summed E-state index contributed by atoms with van der Waals surface area (Å²) < 4.78 is 8.86. The van der Waals surface area contributed by atoms with Gasteiger partial charge in [0.05, 0.1) is 12.2 Å². The molecule has 3 aliphatic heterocycles. The Morgan fingerprint density at radius 1 is 0.846 bits per heavy atom. The number of nitrogens with zero attached hydrogens (tertiary/aromatic N) is 3. The van der Waals surface area contributed by atoms with Crippen molar-refractivity contribution < 1.29 is 4.74 Å². The first kappa shape index (κ1) is 19.9. The molecule has 2 unspecified atom stereocenters. The first-order valence-corrected chi connectivity index (χ1v) is 12.1. The first-order valence-electron chi connectivity index (χ1n) is 11.1. The highest BCUT2D eigenvalue weighted by atomic mass is 127. The van der Waals surface area contributed by atoms with E-state index in [2.05, 4.69) is 49.6 Å². The Labute approximate surface area is 174 Å². The molecule has 150 valence electrons. The van der Waals surface area contributed by atoms with Gasteiger partial charge in [-0.25, -0.2) is 3.11 Å². The minimum absolute atomic E-state index is 0.530. The zero-order valence-electron chi connectivity index (χ0n) is 16.8. The fourth-order valence-corrected chi connectivity index (χ4v) is 6.62. The van der Waals surface area contributed by atoms with Crippen LogP contribution in [-0.4, -0.2) is 76.0 Å². The molecule has 1 saturated carbocycles. The van der Waals surface area contributed by atoms with Crippen LogP contribution in [-0.2, 0) is 4.74 Å². The first-order chi connectivity index (χ1) is 12.6. The van der Waals surface area contributed by atoms with Gasteiger partial charge in [0.15, 0.2) is 0 Å². The van der Waals surface area contributed by atoms with Crippen LogP contribution in [0.2, 0.25) is 0 Å². The molecular weight excluding hydrogens is 437 g/mol. The van der Waals surface area contributed by atoms with Gasteiger partial charge < -0.3 is 4.74 Å². The van der Waals surface area contributed by atoms with Gasteiger partial charge in [0, 0.05) is 73.7 Å². The Balaban J connectivity index is 1.18. The molecule has 3 saturated heterocycles. The van der Waals surface area contributed by atoms with Crippen molar-refractivity contribution in [3.05, 3.63) is 0 Å². The highest BCUT2D eigenvalue weighted by molar-refractivity contribution is 14.1. The van der Waals surface area contributed by atoms with Crippen LogP contribution in [0.25, 0.3) is 0 Å². The Morgan fingerprint density at radius 2 is 1.42 bits per heavy atom. The van der Waals surface area contributed by atoms with E-state index >= 15 is 0 Å². The summed E-state index contributed by atoms with van der Waals surface area (Å²) in [5.74, 6) is 0.913. The van der Waals surface area contributed by atoms with Gasteiger partial charge in [-0.2, -0.15) is 0 Å². The molecule has 2 bridgehead atoms. The number of ether oxygens (including phenoxy) is 1. The van der Waals surface area contributed by atoms with Gasteiger partial charge in [-0.1, -0.05) is 0 Å². The molecular formula is C21H38IN3O. The SMILES string of the molecule is CC(C)N1C2CCC1CN(CC1CCC(OC3CCN(I)CC3)CC1)C2. The molecule has 2 atom stereocenters. The fraction of sp³-hybridized carbons (Fsp3) is 1.00. The predicted octanol–water partition coefficient (Wildman–Crippen LogP) is 3.93. The van der Waals surface area contributed by atoms with E-state index in [0.29, 0.717) is 12.2 Å². The molecule has 26 heavy (non-hydrogen) atoms. The molecule has 4 nitrogen and oxygen atoms in total. The molecule has 5 heteroatoms. The molecule has 0 aromatic heterocycles. The zero-order valence-corrected chi connectivity index (χ0v) is 18.9. The van der Waals surface area contributed by atoms with Gasteiger partial charge in [0.25, 0.3) is 0 Å². The van der Waals surface area contributed by atoms with E-state index in [1.807, 2.05) is 0 Å². The second-order valence-electron chi connectivity index (χ2n) is 9.53. The number of rotatable bonds is 5. The average molecular weight is 475 g/mol. The smallest absolute Gasteiger partial charge is 0.0603 e. The summed E-state index contributed by atoms with van der Waals surface area (Å²) in [6, 6.07) is 2.38. The van der Waals surface area contributed by atoms with E-state index < -0.39 is 0 Å². The zero-order chi connectivity index (χ0) is 18.1. The van der Waals surface area contributed by atoms with Gasteiger partial charge in [-0.3, -0.25) is 9.80 Å². The van der Waals surface area contributed by atoms with E-state index in [1.165, 1.54) is 84.1 Å². The number of piperazine rings is 1. The van der Waals surface area contributed by atoms with Crippen LogP contribution in [0.1, 0.15) is 65.2 Å². The third kappa shape index (κ3) is 4.76. The predicted molar refractivity (Wildman–Crippen MR) is 116 cm³/mol. The van der Waals surface area contributed by atoms with Crippen molar-refractivity contribution in [1.29, 1.82) is 0 Å². The van der Waals surface area contributed by atoms with Gasteiger partial charge in [0.2, 0.25) is 0 Å². The molecule has 0 N–H and O–H groups in total. The van der Waals surface area contributed by atoms with E-state index in [-0.39, 0.29) is 0 Å². The normalized spacial score (nSPS) is 38.3. The second kappa shape index (κ2) is 8.93. The lowest BCUT2D eigenvalue weighted by Gasteiger charge is -2.44. The topological polar surface area (TPSA) is 19.0 Å². The fourth-order valence-electron chi connectivity index (χ4n) is 6.06. The van der Waals surface area contributed by atoms with E-state index in [4.69, 9.17) is 4.74 Å². The molecule has 0 amide bonds. The molecule has 4 rings (SSSR count). The summed E-state index contributed by atoms with van der Waals surface area (Å²) in [6.07, 6.45) is 11.8. The lowest BCUT2D eigenvalue weighted by molar-refractivity contribution is -0.0556. The Kier molecular flexibility index (Phi) is 6.83. The minimum atomic E-state index is 0.530. The average Bonchev–Trinajstić information content (AvgIpc) is 2.90. The van der Waals surface area contributed by atoms with E-state index in [9.17, 15) is 0 Å². The lowest BCUT2D eigenvalue weighted by Crippen LogP contribution is -2.56. The van der Waals surface area contributed by atoms with Gasteiger partial charge >= 0.3 is 0 Å². The van der Waals surface area contributed by atoms with Crippen molar-refractivity contribution in [2.24, 2.45) is 5.92 Å². The molecule has 4 fully saturated rings.